The number of hydrogen-bond acceptors (Lipinski definition) is 2. The first-order valence-electron chi connectivity index (χ1n) is 7.06. The number of aryl methyl sites for hydroxylation is 1. The fourth-order valence-electron chi connectivity index (χ4n) is 1.89. The summed E-state index contributed by atoms with van der Waals surface area (Å²) in [5.74, 6) is 0.152. The van der Waals surface area contributed by atoms with Gasteiger partial charge in [0.15, 0.2) is 0 Å². The van der Waals surface area contributed by atoms with E-state index < -0.39 is 10.8 Å². The highest BCUT2D eigenvalue weighted by Gasteiger charge is 2.07. The summed E-state index contributed by atoms with van der Waals surface area (Å²) in [6.45, 7) is 1.99. The van der Waals surface area contributed by atoms with Crippen molar-refractivity contribution >= 4 is 28.5 Å². The molecule has 0 unspecified atom stereocenters. The highest BCUT2D eigenvalue weighted by molar-refractivity contribution is 7.85. The van der Waals surface area contributed by atoms with Crippen LogP contribution in [0.4, 0.5) is 5.69 Å². The molecule has 0 saturated carbocycles. The van der Waals surface area contributed by atoms with Crippen molar-refractivity contribution in [3.63, 3.8) is 0 Å². The molecule has 0 radical (unpaired) electrons. The molecule has 2 aromatic carbocycles. The van der Waals surface area contributed by atoms with Gasteiger partial charge in [-0.1, -0.05) is 60.2 Å². The van der Waals surface area contributed by atoms with Crippen LogP contribution in [-0.4, -0.2) is 21.6 Å². The van der Waals surface area contributed by atoms with E-state index in [0.717, 1.165) is 16.8 Å². The number of anilines is 1. The molecule has 2 rings (SSSR count). The number of rotatable bonds is 6. The van der Waals surface area contributed by atoms with Gasteiger partial charge in [-0.05, 0) is 24.6 Å². The van der Waals surface area contributed by atoms with Crippen LogP contribution in [0.3, 0.4) is 0 Å². The van der Waals surface area contributed by atoms with Gasteiger partial charge in [0.25, 0.3) is 0 Å². The lowest BCUT2D eigenvalue weighted by molar-refractivity contribution is -0.113. The molecule has 1 amide bonds. The van der Waals surface area contributed by atoms with E-state index in [1.165, 1.54) is 0 Å². The third-order valence-electron chi connectivity index (χ3n) is 3.02. The van der Waals surface area contributed by atoms with E-state index in [4.69, 9.17) is 0 Å². The zero-order chi connectivity index (χ0) is 15.8. The first kappa shape index (κ1) is 16.2. The number of benzene rings is 2. The molecule has 0 aliphatic carbocycles. The SMILES string of the molecule is Cc1ccc(NC(=O)C[S@@](=O)C/C=C\c2ccccc2)cc1. The van der Waals surface area contributed by atoms with Gasteiger partial charge in [0.2, 0.25) is 5.91 Å². The van der Waals surface area contributed by atoms with E-state index in [1.807, 2.05) is 73.7 Å². The Kier molecular flexibility index (Phi) is 6.10. The fourth-order valence-corrected chi connectivity index (χ4v) is 2.69. The van der Waals surface area contributed by atoms with Crippen molar-refractivity contribution in [3.05, 3.63) is 71.8 Å². The van der Waals surface area contributed by atoms with Crippen molar-refractivity contribution in [2.24, 2.45) is 0 Å². The Hall–Kier alpha value is -2.20. The molecule has 22 heavy (non-hydrogen) atoms. The predicted octanol–water partition coefficient (Wildman–Crippen LogP) is 3.40. The van der Waals surface area contributed by atoms with Gasteiger partial charge in [-0.3, -0.25) is 9.00 Å². The summed E-state index contributed by atoms with van der Waals surface area (Å²) >= 11 is 0. The number of hydrogen-bond donors (Lipinski definition) is 1. The summed E-state index contributed by atoms with van der Waals surface area (Å²) < 4.78 is 11.9. The van der Waals surface area contributed by atoms with Gasteiger partial charge in [-0.2, -0.15) is 0 Å². The van der Waals surface area contributed by atoms with Gasteiger partial charge in [0.05, 0.1) is 0 Å². The van der Waals surface area contributed by atoms with Crippen LogP contribution in [0.1, 0.15) is 11.1 Å². The van der Waals surface area contributed by atoms with Crippen molar-refractivity contribution in [3.8, 4) is 0 Å². The molecule has 0 bridgehead atoms. The summed E-state index contributed by atoms with van der Waals surface area (Å²) in [7, 11) is -1.20. The Morgan fingerprint density at radius 1 is 1.09 bits per heavy atom. The van der Waals surface area contributed by atoms with Gasteiger partial charge >= 0.3 is 0 Å². The lowest BCUT2D eigenvalue weighted by atomic mass is 10.2. The van der Waals surface area contributed by atoms with E-state index in [2.05, 4.69) is 5.32 Å². The van der Waals surface area contributed by atoms with E-state index >= 15 is 0 Å². The third kappa shape index (κ3) is 5.66. The average Bonchev–Trinajstić information content (AvgIpc) is 2.50. The normalized spacial score (nSPS) is 12.2. The number of carbonyl (C=O) groups is 1. The maximum Gasteiger partial charge on any atom is 0.237 e. The third-order valence-corrected chi connectivity index (χ3v) is 4.17. The van der Waals surface area contributed by atoms with Crippen molar-refractivity contribution in [2.45, 2.75) is 6.92 Å². The molecule has 1 N–H and O–H groups in total. The molecule has 4 heteroatoms. The van der Waals surface area contributed by atoms with E-state index in [-0.39, 0.29) is 11.7 Å². The van der Waals surface area contributed by atoms with Crippen LogP contribution < -0.4 is 5.32 Å². The molecule has 114 valence electrons. The van der Waals surface area contributed by atoms with Crippen LogP contribution in [0.15, 0.2) is 60.7 Å². The minimum Gasteiger partial charge on any atom is -0.325 e. The number of amides is 1. The maximum atomic E-state index is 11.9. The van der Waals surface area contributed by atoms with Crippen LogP contribution in [0.25, 0.3) is 6.08 Å². The minimum absolute atomic E-state index is 0.00695. The second-order valence-electron chi connectivity index (χ2n) is 4.98. The van der Waals surface area contributed by atoms with Crippen molar-refractivity contribution in [1.29, 1.82) is 0 Å². The molecule has 2 aromatic rings. The summed E-state index contributed by atoms with van der Waals surface area (Å²) in [6.07, 6.45) is 3.75. The Balaban J connectivity index is 1.78. The Morgan fingerprint density at radius 3 is 2.45 bits per heavy atom. The predicted molar refractivity (Wildman–Crippen MR) is 93.2 cm³/mol. The van der Waals surface area contributed by atoms with Crippen molar-refractivity contribution in [1.82, 2.24) is 0 Å². The molecule has 0 spiro atoms. The quantitative estimate of drug-likeness (QED) is 0.888. The number of nitrogens with one attached hydrogen (secondary N) is 1. The fraction of sp³-hybridized carbons (Fsp3) is 0.167. The van der Waals surface area contributed by atoms with Crippen LogP contribution >= 0.6 is 0 Å². The highest BCUT2D eigenvalue weighted by Crippen LogP contribution is 2.08. The van der Waals surface area contributed by atoms with E-state index in [0.29, 0.717) is 5.75 Å². The lowest BCUT2D eigenvalue weighted by Gasteiger charge is -2.04. The van der Waals surface area contributed by atoms with Gasteiger partial charge in [-0.25, -0.2) is 0 Å². The zero-order valence-electron chi connectivity index (χ0n) is 12.5. The molecular weight excluding hydrogens is 294 g/mol. The smallest absolute Gasteiger partial charge is 0.237 e. The second-order valence-corrected chi connectivity index (χ2v) is 6.48. The molecule has 3 nitrogen and oxygen atoms in total. The zero-order valence-corrected chi connectivity index (χ0v) is 13.3. The highest BCUT2D eigenvalue weighted by atomic mass is 32.2. The topological polar surface area (TPSA) is 46.2 Å². The minimum atomic E-state index is -1.20. The maximum absolute atomic E-state index is 11.9. The van der Waals surface area contributed by atoms with Gasteiger partial charge in [0.1, 0.15) is 5.75 Å². The van der Waals surface area contributed by atoms with Crippen LogP contribution in [0.2, 0.25) is 0 Å². The molecule has 0 heterocycles. The average molecular weight is 313 g/mol. The molecule has 0 saturated heterocycles. The largest absolute Gasteiger partial charge is 0.325 e. The van der Waals surface area contributed by atoms with Crippen LogP contribution in [0, 0.1) is 6.92 Å². The molecular formula is C18H19NO2S. The summed E-state index contributed by atoms with van der Waals surface area (Å²) in [4.78, 5) is 11.8. The van der Waals surface area contributed by atoms with Gasteiger partial charge in [-0.15, -0.1) is 0 Å². The van der Waals surface area contributed by atoms with Gasteiger partial charge in [0, 0.05) is 22.2 Å². The van der Waals surface area contributed by atoms with Crippen LogP contribution in [0.5, 0.6) is 0 Å². The Morgan fingerprint density at radius 2 is 1.77 bits per heavy atom. The first-order valence-corrected chi connectivity index (χ1v) is 8.55. The lowest BCUT2D eigenvalue weighted by Crippen LogP contribution is -2.20. The monoisotopic (exact) mass is 313 g/mol. The van der Waals surface area contributed by atoms with Crippen molar-refractivity contribution < 1.29 is 9.00 Å². The van der Waals surface area contributed by atoms with E-state index in [1.54, 1.807) is 0 Å². The second kappa shape index (κ2) is 8.29. The molecule has 1 atom stereocenters. The van der Waals surface area contributed by atoms with Gasteiger partial charge < -0.3 is 5.32 Å². The Bertz CT molecular complexity index is 663. The van der Waals surface area contributed by atoms with Crippen LogP contribution in [-0.2, 0) is 15.6 Å². The summed E-state index contributed by atoms with van der Waals surface area (Å²) in [5.41, 5.74) is 2.92. The number of carbonyl (C=O) groups excluding carboxylic acids is 1. The Labute approximate surface area is 133 Å². The van der Waals surface area contributed by atoms with Crippen molar-refractivity contribution in [2.75, 3.05) is 16.8 Å². The molecule has 0 fully saturated rings. The molecule has 0 aliphatic heterocycles. The first-order chi connectivity index (χ1) is 10.6. The summed E-state index contributed by atoms with van der Waals surface area (Å²) in [6, 6.07) is 17.3. The standard InChI is InChI=1S/C18H19NO2S/c1-15-9-11-17(12-10-15)19-18(20)14-22(21)13-5-8-16-6-3-2-4-7-16/h2-12H,13-14H2,1H3,(H,19,20)/b8-5-/t22-/m0/s1. The van der Waals surface area contributed by atoms with E-state index in [9.17, 15) is 9.00 Å². The molecule has 0 aromatic heterocycles. The summed E-state index contributed by atoms with van der Waals surface area (Å²) in [5, 5.41) is 2.75. The molecule has 0 aliphatic rings.